The Hall–Kier alpha value is -1.36. The van der Waals surface area contributed by atoms with Crippen molar-refractivity contribution >= 4 is 15.8 Å². The number of carboxylic acids is 1. The van der Waals surface area contributed by atoms with Gasteiger partial charge in [0.1, 0.15) is 9.84 Å². The lowest BCUT2D eigenvalue weighted by atomic mass is 9.81. The van der Waals surface area contributed by atoms with Gasteiger partial charge in [0.15, 0.2) is 0 Å². The number of aryl methyl sites for hydroxylation is 1. The molecule has 0 amide bonds. The predicted octanol–water partition coefficient (Wildman–Crippen LogP) is 2.03. The minimum Gasteiger partial charge on any atom is -0.481 e. The van der Waals surface area contributed by atoms with Gasteiger partial charge in [-0.1, -0.05) is 38.1 Å². The Kier molecular flexibility index (Phi) is 4.74. The van der Waals surface area contributed by atoms with E-state index in [1.807, 2.05) is 38.1 Å². The first-order chi connectivity index (χ1) is 8.60. The zero-order chi connectivity index (χ0) is 14.7. The molecule has 0 radical (unpaired) electrons. The standard InChI is InChI=1S/C14H20O4S/c1-14(2,10-13(15)16)12-6-4-11(5-7-12)8-9-19(3,17)18/h4-7H,8-10H2,1-3H3,(H,15,16). The van der Waals surface area contributed by atoms with Gasteiger partial charge < -0.3 is 5.11 Å². The predicted molar refractivity (Wildman–Crippen MR) is 75.1 cm³/mol. The number of aliphatic carboxylic acids is 1. The zero-order valence-electron chi connectivity index (χ0n) is 11.5. The molecule has 0 bridgehead atoms. The third kappa shape index (κ3) is 5.42. The van der Waals surface area contributed by atoms with E-state index in [0.29, 0.717) is 6.42 Å². The lowest BCUT2D eigenvalue weighted by Crippen LogP contribution is -2.21. The van der Waals surface area contributed by atoms with Gasteiger partial charge in [0, 0.05) is 11.7 Å². The summed E-state index contributed by atoms with van der Waals surface area (Å²) in [6, 6.07) is 7.48. The fourth-order valence-electron chi connectivity index (χ4n) is 1.91. The van der Waals surface area contributed by atoms with E-state index in [1.54, 1.807) is 0 Å². The molecule has 0 saturated heterocycles. The highest BCUT2D eigenvalue weighted by atomic mass is 32.2. The molecule has 5 heteroatoms. The van der Waals surface area contributed by atoms with Crippen LogP contribution in [0.3, 0.4) is 0 Å². The molecule has 0 aliphatic heterocycles. The molecule has 106 valence electrons. The molecule has 1 aromatic rings. The van der Waals surface area contributed by atoms with E-state index < -0.39 is 21.2 Å². The molecular weight excluding hydrogens is 264 g/mol. The molecular formula is C14H20O4S. The smallest absolute Gasteiger partial charge is 0.304 e. The zero-order valence-corrected chi connectivity index (χ0v) is 12.3. The van der Waals surface area contributed by atoms with Gasteiger partial charge in [0.2, 0.25) is 0 Å². The molecule has 19 heavy (non-hydrogen) atoms. The van der Waals surface area contributed by atoms with Crippen molar-refractivity contribution in [2.45, 2.75) is 32.1 Å². The number of hydrogen-bond acceptors (Lipinski definition) is 3. The van der Waals surface area contributed by atoms with Crippen LogP contribution in [0.1, 0.15) is 31.4 Å². The van der Waals surface area contributed by atoms with Gasteiger partial charge in [-0.25, -0.2) is 8.42 Å². The van der Waals surface area contributed by atoms with Gasteiger partial charge in [-0.3, -0.25) is 4.79 Å². The van der Waals surface area contributed by atoms with E-state index >= 15 is 0 Å². The molecule has 1 aromatic carbocycles. The topological polar surface area (TPSA) is 71.4 Å². The fraction of sp³-hybridized carbons (Fsp3) is 0.500. The van der Waals surface area contributed by atoms with E-state index in [4.69, 9.17) is 5.11 Å². The van der Waals surface area contributed by atoms with E-state index in [-0.39, 0.29) is 12.2 Å². The van der Waals surface area contributed by atoms with Crippen molar-refractivity contribution in [1.82, 2.24) is 0 Å². The molecule has 1 N–H and O–H groups in total. The van der Waals surface area contributed by atoms with Crippen molar-refractivity contribution < 1.29 is 18.3 Å². The summed E-state index contributed by atoms with van der Waals surface area (Å²) in [6.07, 6.45) is 1.77. The van der Waals surface area contributed by atoms with Crippen LogP contribution in [-0.4, -0.2) is 31.5 Å². The van der Waals surface area contributed by atoms with Crippen LogP contribution in [0.15, 0.2) is 24.3 Å². The quantitative estimate of drug-likeness (QED) is 0.867. The highest BCUT2D eigenvalue weighted by Crippen LogP contribution is 2.27. The van der Waals surface area contributed by atoms with Crippen molar-refractivity contribution in [3.63, 3.8) is 0 Å². The minimum absolute atomic E-state index is 0.0652. The van der Waals surface area contributed by atoms with Crippen molar-refractivity contribution in [3.05, 3.63) is 35.4 Å². The molecule has 0 aromatic heterocycles. The summed E-state index contributed by atoms with van der Waals surface area (Å²) in [7, 11) is -2.95. The molecule has 0 fully saturated rings. The second-order valence-electron chi connectivity index (χ2n) is 5.53. The van der Waals surface area contributed by atoms with Gasteiger partial charge in [0.05, 0.1) is 12.2 Å². The lowest BCUT2D eigenvalue weighted by molar-refractivity contribution is -0.138. The number of carboxylic acid groups (broad SMARTS) is 1. The molecule has 0 spiro atoms. The highest BCUT2D eigenvalue weighted by Gasteiger charge is 2.23. The molecule has 0 heterocycles. The average molecular weight is 284 g/mol. The van der Waals surface area contributed by atoms with Crippen LogP contribution in [0.5, 0.6) is 0 Å². The van der Waals surface area contributed by atoms with Crippen LogP contribution >= 0.6 is 0 Å². The molecule has 4 nitrogen and oxygen atoms in total. The maximum Gasteiger partial charge on any atom is 0.304 e. The van der Waals surface area contributed by atoms with Gasteiger partial charge in [-0.05, 0) is 17.5 Å². The van der Waals surface area contributed by atoms with Crippen molar-refractivity contribution in [1.29, 1.82) is 0 Å². The fourth-order valence-corrected chi connectivity index (χ4v) is 2.51. The van der Waals surface area contributed by atoms with Gasteiger partial charge >= 0.3 is 5.97 Å². The monoisotopic (exact) mass is 284 g/mol. The number of rotatable bonds is 6. The number of benzene rings is 1. The molecule has 0 atom stereocenters. The molecule has 0 aliphatic rings. The minimum atomic E-state index is -2.95. The second kappa shape index (κ2) is 5.74. The average Bonchev–Trinajstić information content (AvgIpc) is 2.24. The number of carbonyl (C=O) groups is 1. The van der Waals surface area contributed by atoms with Crippen molar-refractivity contribution in [3.8, 4) is 0 Å². The molecule has 0 unspecified atom stereocenters. The van der Waals surface area contributed by atoms with E-state index in [2.05, 4.69) is 0 Å². The van der Waals surface area contributed by atoms with Crippen LogP contribution in [0.4, 0.5) is 0 Å². The van der Waals surface area contributed by atoms with Crippen molar-refractivity contribution in [2.24, 2.45) is 0 Å². The van der Waals surface area contributed by atoms with Crippen LogP contribution in [0, 0.1) is 0 Å². The lowest BCUT2D eigenvalue weighted by Gasteiger charge is -2.23. The maximum atomic E-state index is 11.1. The maximum absolute atomic E-state index is 11.1. The normalized spacial score (nSPS) is 12.4. The van der Waals surface area contributed by atoms with Gasteiger partial charge in [-0.2, -0.15) is 0 Å². The summed E-state index contributed by atoms with van der Waals surface area (Å²) in [5, 5.41) is 8.87. The Balaban J connectivity index is 2.79. The summed E-state index contributed by atoms with van der Waals surface area (Å²) in [6.45, 7) is 3.76. The number of hydrogen-bond donors (Lipinski definition) is 1. The van der Waals surface area contributed by atoms with E-state index in [9.17, 15) is 13.2 Å². The molecule has 1 rings (SSSR count). The second-order valence-corrected chi connectivity index (χ2v) is 7.79. The van der Waals surface area contributed by atoms with Crippen LogP contribution in [0.2, 0.25) is 0 Å². The summed E-state index contributed by atoms with van der Waals surface area (Å²) in [4.78, 5) is 10.8. The van der Waals surface area contributed by atoms with Gasteiger partial charge in [-0.15, -0.1) is 0 Å². The van der Waals surface area contributed by atoms with Gasteiger partial charge in [0.25, 0.3) is 0 Å². The SMILES string of the molecule is CC(C)(CC(=O)O)c1ccc(CCS(C)(=O)=O)cc1. The van der Waals surface area contributed by atoms with Crippen LogP contribution < -0.4 is 0 Å². The first kappa shape index (κ1) is 15.7. The third-order valence-electron chi connectivity index (χ3n) is 3.09. The molecule has 0 saturated carbocycles. The summed E-state index contributed by atoms with van der Waals surface area (Å²) in [5.41, 5.74) is 1.46. The highest BCUT2D eigenvalue weighted by molar-refractivity contribution is 7.90. The summed E-state index contributed by atoms with van der Waals surface area (Å²) < 4.78 is 22.2. The molecule has 0 aliphatic carbocycles. The Morgan fingerprint density at radius 2 is 1.74 bits per heavy atom. The van der Waals surface area contributed by atoms with Crippen LogP contribution in [-0.2, 0) is 26.5 Å². The Morgan fingerprint density at radius 1 is 1.21 bits per heavy atom. The Morgan fingerprint density at radius 3 is 2.16 bits per heavy atom. The number of sulfone groups is 1. The third-order valence-corrected chi connectivity index (χ3v) is 4.04. The van der Waals surface area contributed by atoms with Crippen molar-refractivity contribution in [2.75, 3.05) is 12.0 Å². The first-order valence-electron chi connectivity index (χ1n) is 6.09. The van der Waals surface area contributed by atoms with E-state index in [1.165, 1.54) is 6.26 Å². The Bertz CT molecular complexity index is 541. The summed E-state index contributed by atoms with van der Waals surface area (Å²) >= 11 is 0. The van der Waals surface area contributed by atoms with Crippen LogP contribution in [0.25, 0.3) is 0 Å². The first-order valence-corrected chi connectivity index (χ1v) is 8.15. The largest absolute Gasteiger partial charge is 0.481 e. The van der Waals surface area contributed by atoms with E-state index in [0.717, 1.165) is 11.1 Å². The Labute approximate surface area is 114 Å². The summed E-state index contributed by atoms with van der Waals surface area (Å²) in [5.74, 6) is -0.698.